The molecule has 0 amide bonds. The molecule has 1 aromatic carbocycles. The summed E-state index contributed by atoms with van der Waals surface area (Å²) in [5.41, 5.74) is 3.74. The highest BCUT2D eigenvalue weighted by atomic mass is 35.5. The molecular weight excluding hydrogens is 308 g/mol. The fourth-order valence-electron chi connectivity index (χ4n) is 2.36. The predicted molar refractivity (Wildman–Crippen MR) is 98.6 cm³/mol. The summed E-state index contributed by atoms with van der Waals surface area (Å²) in [5.74, 6) is 1.52. The Bertz CT molecular complexity index is 573. The summed E-state index contributed by atoms with van der Waals surface area (Å²) in [5, 5.41) is 3.42. The number of benzene rings is 1. The minimum absolute atomic E-state index is 0. The first-order valence-electron chi connectivity index (χ1n) is 8.00. The highest BCUT2D eigenvalue weighted by Crippen LogP contribution is 2.27. The molecule has 2 rings (SSSR count). The molecule has 0 saturated carbocycles. The van der Waals surface area contributed by atoms with Crippen molar-refractivity contribution in [2.75, 3.05) is 13.2 Å². The number of rotatable bonds is 8. The van der Waals surface area contributed by atoms with Crippen LogP contribution in [0.3, 0.4) is 0 Å². The summed E-state index contributed by atoms with van der Waals surface area (Å²) >= 11 is 0. The smallest absolute Gasteiger partial charge is 0.122 e. The SMILES string of the molecule is Cc1ccc(C(C)C)c(OCCCNCc2cccnc2)c1.Cl. The second-order valence-electron chi connectivity index (χ2n) is 5.94. The zero-order chi connectivity index (χ0) is 15.8. The van der Waals surface area contributed by atoms with Crippen molar-refractivity contribution in [2.24, 2.45) is 0 Å². The number of aromatic nitrogens is 1. The van der Waals surface area contributed by atoms with Crippen molar-refractivity contribution in [3.8, 4) is 5.75 Å². The number of nitrogens with zero attached hydrogens (tertiary/aromatic N) is 1. The molecule has 0 aliphatic heterocycles. The fraction of sp³-hybridized carbons (Fsp3) is 0.421. The van der Waals surface area contributed by atoms with Crippen LogP contribution in [0, 0.1) is 6.92 Å². The lowest BCUT2D eigenvalue weighted by Crippen LogP contribution is -2.17. The van der Waals surface area contributed by atoms with Gasteiger partial charge in [0.05, 0.1) is 6.61 Å². The minimum atomic E-state index is 0. The quantitative estimate of drug-likeness (QED) is 0.722. The van der Waals surface area contributed by atoms with Crippen molar-refractivity contribution in [3.05, 3.63) is 59.4 Å². The first kappa shape index (κ1) is 19.5. The van der Waals surface area contributed by atoms with Gasteiger partial charge in [0.1, 0.15) is 5.75 Å². The molecule has 0 radical (unpaired) electrons. The van der Waals surface area contributed by atoms with Gasteiger partial charge < -0.3 is 10.1 Å². The van der Waals surface area contributed by atoms with Crippen molar-refractivity contribution in [1.82, 2.24) is 10.3 Å². The Morgan fingerprint density at radius 2 is 2.04 bits per heavy atom. The molecule has 1 aromatic heterocycles. The molecule has 0 unspecified atom stereocenters. The van der Waals surface area contributed by atoms with Gasteiger partial charge in [0.15, 0.2) is 0 Å². The zero-order valence-corrected chi connectivity index (χ0v) is 15.0. The number of nitrogens with one attached hydrogen (secondary N) is 1. The molecule has 0 bridgehead atoms. The number of pyridine rings is 1. The van der Waals surface area contributed by atoms with Crippen LogP contribution in [0.25, 0.3) is 0 Å². The highest BCUT2D eigenvalue weighted by Gasteiger charge is 2.07. The van der Waals surface area contributed by atoms with Gasteiger partial charge in [-0.3, -0.25) is 4.98 Å². The van der Waals surface area contributed by atoms with Gasteiger partial charge in [-0.05, 0) is 54.6 Å². The highest BCUT2D eigenvalue weighted by molar-refractivity contribution is 5.85. The molecule has 2 aromatic rings. The van der Waals surface area contributed by atoms with Crippen molar-refractivity contribution in [1.29, 1.82) is 0 Å². The lowest BCUT2D eigenvalue weighted by molar-refractivity contribution is 0.304. The van der Waals surface area contributed by atoms with E-state index in [4.69, 9.17) is 4.74 Å². The Hall–Kier alpha value is -1.58. The monoisotopic (exact) mass is 334 g/mol. The number of ether oxygens (including phenoxy) is 1. The van der Waals surface area contributed by atoms with Crippen LogP contribution in [0.2, 0.25) is 0 Å². The van der Waals surface area contributed by atoms with Gasteiger partial charge in [-0.1, -0.05) is 32.0 Å². The van der Waals surface area contributed by atoms with Crippen LogP contribution in [-0.2, 0) is 6.54 Å². The second-order valence-corrected chi connectivity index (χ2v) is 5.94. The third-order valence-electron chi connectivity index (χ3n) is 3.60. The molecule has 0 aliphatic carbocycles. The number of hydrogen-bond donors (Lipinski definition) is 1. The molecule has 3 nitrogen and oxygen atoms in total. The van der Waals surface area contributed by atoms with Gasteiger partial charge >= 0.3 is 0 Å². The zero-order valence-electron chi connectivity index (χ0n) is 14.2. The Balaban J connectivity index is 0.00000264. The molecule has 126 valence electrons. The topological polar surface area (TPSA) is 34.1 Å². The van der Waals surface area contributed by atoms with Gasteiger partial charge in [-0.2, -0.15) is 0 Å². The lowest BCUT2D eigenvalue weighted by atomic mass is 10.0. The van der Waals surface area contributed by atoms with E-state index in [0.29, 0.717) is 5.92 Å². The molecule has 1 heterocycles. The third kappa shape index (κ3) is 6.59. The molecule has 0 saturated heterocycles. The van der Waals surface area contributed by atoms with Crippen LogP contribution in [0.5, 0.6) is 5.75 Å². The Morgan fingerprint density at radius 1 is 1.22 bits per heavy atom. The normalized spacial score (nSPS) is 10.4. The molecular formula is C19H27ClN2O. The van der Waals surface area contributed by atoms with E-state index in [-0.39, 0.29) is 12.4 Å². The molecule has 0 aliphatic rings. The number of aryl methyl sites for hydroxylation is 1. The van der Waals surface area contributed by atoms with E-state index >= 15 is 0 Å². The molecule has 0 atom stereocenters. The summed E-state index contributed by atoms with van der Waals surface area (Å²) < 4.78 is 5.98. The summed E-state index contributed by atoms with van der Waals surface area (Å²) in [6.07, 6.45) is 4.68. The fourth-order valence-corrected chi connectivity index (χ4v) is 2.36. The van der Waals surface area contributed by atoms with E-state index in [1.54, 1.807) is 6.20 Å². The maximum absolute atomic E-state index is 5.98. The Morgan fingerprint density at radius 3 is 2.74 bits per heavy atom. The standard InChI is InChI=1S/C19H26N2O.ClH/c1-15(2)18-8-7-16(3)12-19(18)22-11-5-10-21-14-17-6-4-9-20-13-17;/h4,6-9,12-13,15,21H,5,10-11,14H2,1-3H3;1H. The second kappa shape index (κ2) is 10.2. The van der Waals surface area contributed by atoms with Crippen molar-refractivity contribution in [2.45, 2.75) is 39.7 Å². The molecule has 0 fully saturated rings. The van der Waals surface area contributed by atoms with Crippen LogP contribution >= 0.6 is 12.4 Å². The number of halogens is 1. The maximum Gasteiger partial charge on any atom is 0.122 e. The molecule has 1 N–H and O–H groups in total. The summed E-state index contributed by atoms with van der Waals surface area (Å²) in [4.78, 5) is 4.11. The van der Waals surface area contributed by atoms with E-state index < -0.39 is 0 Å². The minimum Gasteiger partial charge on any atom is -0.493 e. The number of hydrogen-bond acceptors (Lipinski definition) is 3. The van der Waals surface area contributed by atoms with Crippen molar-refractivity contribution in [3.63, 3.8) is 0 Å². The van der Waals surface area contributed by atoms with Crippen LogP contribution in [0.1, 0.15) is 42.9 Å². The molecule has 4 heteroatoms. The summed E-state index contributed by atoms with van der Waals surface area (Å²) in [6, 6.07) is 10.5. The molecule has 0 spiro atoms. The Labute approximate surface area is 145 Å². The van der Waals surface area contributed by atoms with E-state index in [1.807, 2.05) is 12.3 Å². The Kier molecular flexibility index (Phi) is 8.67. The third-order valence-corrected chi connectivity index (χ3v) is 3.60. The largest absolute Gasteiger partial charge is 0.493 e. The average Bonchev–Trinajstić information content (AvgIpc) is 2.51. The van der Waals surface area contributed by atoms with Crippen molar-refractivity contribution >= 4 is 12.4 Å². The van der Waals surface area contributed by atoms with E-state index in [2.05, 4.69) is 55.3 Å². The lowest BCUT2D eigenvalue weighted by Gasteiger charge is -2.15. The van der Waals surface area contributed by atoms with Gasteiger partial charge in [0.25, 0.3) is 0 Å². The molecule has 23 heavy (non-hydrogen) atoms. The predicted octanol–water partition coefficient (Wildman–Crippen LogP) is 4.49. The van der Waals surface area contributed by atoms with Gasteiger partial charge in [0.2, 0.25) is 0 Å². The summed E-state index contributed by atoms with van der Waals surface area (Å²) in [6.45, 7) is 9.04. The van der Waals surface area contributed by atoms with Crippen LogP contribution in [0.15, 0.2) is 42.7 Å². The first-order chi connectivity index (χ1) is 10.7. The van der Waals surface area contributed by atoms with Crippen LogP contribution in [0.4, 0.5) is 0 Å². The summed E-state index contributed by atoms with van der Waals surface area (Å²) in [7, 11) is 0. The van der Waals surface area contributed by atoms with Gasteiger partial charge in [0, 0.05) is 18.9 Å². The van der Waals surface area contributed by atoms with E-state index in [9.17, 15) is 0 Å². The maximum atomic E-state index is 5.98. The van der Waals surface area contributed by atoms with Crippen LogP contribution in [-0.4, -0.2) is 18.1 Å². The van der Waals surface area contributed by atoms with E-state index in [1.165, 1.54) is 16.7 Å². The van der Waals surface area contributed by atoms with E-state index in [0.717, 1.165) is 31.9 Å². The van der Waals surface area contributed by atoms with Crippen molar-refractivity contribution < 1.29 is 4.74 Å². The van der Waals surface area contributed by atoms with Gasteiger partial charge in [-0.25, -0.2) is 0 Å². The van der Waals surface area contributed by atoms with Crippen LogP contribution < -0.4 is 10.1 Å². The first-order valence-corrected chi connectivity index (χ1v) is 8.00. The average molecular weight is 335 g/mol. The van der Waals surface area contributed by atoms with Gasteiger partial charge in [-0.15, -0.1) is 12.4 Å².